The lowest BCUT2D eigenvalue weighted by Crippen LogP contribution is -2.41. The fourth-order valence-corrected chi connectivity index (χ4v) is 2.20. The highest BCUT2D eigenvalue weighted by molar-refractivity contribution is 6.44. The third-order valence-corrected chi connectivity index (χ3v) is 4.33. The predicted molar refractivity (Wildman–Crippen MR) is 93.9 cm³/mol. The van der Waals surface area contributed by atoms with Crippen molar-refractivity contribution in [2.24, 2.45) is 5.41 Å². The summed E-state index contributed by atoms with van der Waals surface area (Å²) < 4.78 is 26.6. The van der Waals surface area contributed by atoms with Gasteiger partial charge < -0.3 is 10.6 Å². The van der Waals surface area contributed by atoms with E-state index in [4.69, 9.17) is 23.2 Å². The van der Waals surface area contributed by atoms with Crippen molar-refractivity contribution in [1.82, 2.24) is 0 Å². The summed E-state index contributed by atoms with van der Waals surface area (Å²) in [7, 11) is 0. The quantitative estimate of drug-likeness (QED) is 0.735. The lowest BCUT2D eigenvalue weighted by molar-refractivity contribution is -0.135. The van der Waals surface area contributed by atoms with Crippen molar-refractivity contribution in [2.45, 2.75) is 13.8 Å². The van der Waals surface area contributed by atoms with Gasteiger partial charge >= 0.3 is 0 Å². The minimum atomic E-state index is -1.56. The van der Waals surface area contributed by atoms with Crippen LogP contribution in [0.1, 0.15) is 13.8 Å². The van der Waals surface area contributed by atoms with Crippen LogP contribution >= 0.6 is 23.2 Å². The van der Waals surface area contributed by atoms with E-state index in [1.807, 2.05) is 0 Å². The highest BCUT2D eigenvalue weighted by Gasteiger charge is 2.37. The first-order valence-corrected chi connectivity index (χ1v) is 7.90. The van der Waals surface area contributed by atoms with Gasteiger partial charge in [-0.1, -0.05) is 29.3 Å². The molecule has 0 aliphatic heterocycles. The Morgan fingerprint density at radius 1 is 0.960 bits per heavy atom. The standard InChI is InChI=1S/C17H14Cl2F2N2O2/c1-17(2,15(24)22-12-7-6-9(20)8-11(12)21)16(25)23-13-5-3-4-10(18)14(13)19/h3-8H,1-2H3,(H,22,24)(H,23,25). The van der Waals surface area contributed by atoms with E-state index in [1.165, 1.54) is 19.9 Å². The van der Waals surface area contributed by atoms with Gasteiger partial charge in [-0.25, -0.2) is 8.78 Å². The summed E-state index contributed by atoms with van der Waals surface area (Å²) in [5.74, 6) is -3.16. The summed E-state index contributed by atoms with van der Waals surface area (Å²) in [6.45, 7) is 2.72. The van der Waals surface area contributed by atoms with Crippen LogP contribution in [-0.4, -0.2) is 11.8 Å². The van der Waals surface area contributed by atoms with Crippen LogP contribution in [0.15, 0.2) is 36.4 Å². The van der Waals surface area contributed by atoms with Crippen molar-refractivity contribution in [3.63, 3.8) is 0 Å². The molecule has 0 aliphatic rings. The monoisotopic (exact) mass is 386 g/mol. The molecule has 4 nitrogen and oxygen atoms in total. The van der Waals surface area contributed by atoms with Crippen LogP contribution < -0.4 is 10.6 Å². The molecule has 2 aromatic rings. The number of amides is 2. The Morgan fingerprint density at radius 3 is 2.16 bits per heavy atom. The number of rotatable bonds is 4. The van der Waals surface area contributed by atoms with Crippen LogP contribution in [0.3, 0.4) is 0 Å². The molecule has 0 radical (unpaired) electrons. The number of carbonyl (C=O) groups excluding carboxylic acids is 2. The number of anilines is 2. The molecule has 2 aromatic carbocycles. The Labute approximate surface area is 153 Å². The first-order chi connectivity index (χ1) is 11.6. The average Bonchev–Trinajstić information content (AvgIpc) is 2.54. The highest BCUT2D eigenvalue weighted by Crippen LogP contribution is 2.31. The minimum absolute atomic E-state index is 0.137. The molecule has 8 heteroatoms. The number of hydrogen-bond acceptors (Lipinski definition) is 2. The molecule has 0 atom stereocenters. The number of carbonyl (C=O) groups is 2. The summed E-state index contributed by atoms with van der Waals surface area (Å²) in [5, 5.41) is 5.16. The molecule has 0 saturated heterocycles. The first-order valence-electron chi connectivity index (χ1n) is 7.15. The first kappa shape index (κ1) is 19.1. The molecule has 2 rings (SSSR count). The highest BCUT2D eigenvalue weighted by atomic mass is 35.5. The van der Waals surface area contributed by atoms with Gasteiger partial charge in [-0.3, -0.25) is 9.59 Å². The second-order valence-corrected chi connectivity index (χ2v) is 6.54. The molecule has 2 N–H and O–H groups in total. The second-order valence-electron chi connectivity index (χ2n) is 5.76. The Kier molecular flexibility index (Phi) is 5.65. The van der Waals surface area contributed by atoms with E-state index in [1.54, 1.807) is 12.1 Å². The van der Waals surface area contributed by atoms with Gasteiger partial charge in [-0.2, -0.15) is 0 Å². The maximum Gasteiger partial charge on any atom is 0.239 e. The molecule has 25 heavy (non-hydrogen) atoms. The van der Waals surface area contributed by atoms with Crippen LogP contribution in [-0.2, 0) is 9.59 Å². The maximum absolute atomic E-state index is 13.7. The molecule has 132 valence electrons. The van der Waals surface area contributed by atoms with E-state index < -0.39 is 28.9 Å². The Hall–Kier alpha value is -2.18. The van der Waals surface area contributed by atoms with Crippen LogP contribution in [0.4, 0.5) is 20.2 Å². The zero-order valence-electron chi connectivity index (χ0n) is 13.3. The van der Waals surface area contributed by atoms with E-state index in [-0.39, 0.29) is 21.4 Å². The van der Waals surface area contributed by atoms with Crippen molar-refractivity contribution in [1.29, 1.82) is 0 Å². The van der Waals surface area contributed by atoms with E-state index in [2.05, 4.69) is 10.6 Å². The zero-order chi connectivity index (χ0) is 18.8. The summed E-state index contributed by atoms with van der Waals surface area (Å²) in [6, 6.07) is 7.37. The fraction of sp³-hybridized carbons (Fsp3) is 0.176. The number of hydrogen-bond donors (Lipinski definition) is 2. The Morgan fingerprint density at radius 2 is 1.56 bits per heavy atom. The topological polar surface area (TPSA) is 58.2 Å². The predicted octanol–water partition coefficient (Wildman–Crippen LogP) is 4.88. The van der Waals surface area contributed by atoms with Crippen LogP contribution in [0.5, 0.6) is 0 Å². The number of benzene rings is 2. The molecular formula is C17H14Cl2F2N2O2. The van der Waals surface area contributed by atoms with Gasteiger partial charge in [0.05, 0.1) is 21.4 Å². The molecule has 0 aliphatic carbocycles. The largest absolute Gasteiger partial charge is 0.324 e. The van der Waals surface area contributed by atoms with Crippen molar-refractivity contribution in [3.8, 4) is 0 Å². The lowest BCUT2D eigenvalue weighted by Gasteiger charge is -2.23. The van der Waals surface area contributed by atoms with Gasteiger partial charge in [0.2, 0.25) is 11.8 Å². The summed E-state index contributed by atoms with van der Waals surface area (Å²) >= 11 is 11.9. The minimum Gasteiger partial charge on any atom is -0.324 e. The fourth-order valence-electron chi connectivity index (χ4n) is 1.85. The molecule has 2 amide bonds. The SMILES string of the molecule is CC(C)(C(=O)Nc1ccc(F)cc1F)C(=O)Nc1cccc(Cl)c1Cl. The van der Waals surface area contributed by atoms with E-state index in [0.717, 1.165) is 12.1 Å². The second kappa shape index (κ2) is 7.37. The Balaban J connectivity index is 2.17. The van der Waals surface area contributed by atoms with Gasteiger partial charge in [0, 0.05) is 6.07 Å². The molecule has 0 heterocycles. The van der Waals surface area contributed by atoms with Gasteiger partial charge in [0.25, 0.3) is 0 Å². The molecule has 0 unspecified atom stereocenters. The Bertz CT molecular complexity index is 841. The van der Waals surface area contributed by atoms with Gasteiger partial charge in [0.15, 0.2) is 0 Å². The summed E-state index contributed by atoms with van der Waals surface area (Å²) in [6.07, 6.45) is 0. The van der Waals surface area contributed by atoms with Crippen LogP contribution in [0, 0.1) is 17.0 Å². The van der Waals surface area contributed by atoms with Crippen molar-refractivity contribution in [2.75, 3.05) is 10.6 Å². The lowest BCUT2D eigenvalue weighted by atomic mass is 9.90. The molecular weight excluding hydrogens is 373 g/mol. The van der Waals surface area contributed by atoms with E-state index in [0.29, 0.717) is 6.07 Å². The number of nitrogens with one attached hydrogen (secondary N) is 2. The van der Waals surface area contributed by atoms with Crippen LogP contribution in [0.2, 0.25) is 10.0 Å². The normalized spacial score (nSPS) is 11.1. The van der Waals surface area contributed by atoms with E-state index in [9.17, 15) is 18.4 Å². The third-order valence-electron chi connectivity index (χ3n) is 3.51. The van der Waals surface area contributed by atoms with Gasteiger partial charge in [-0.05, 0) is 38.1 Å². The maximum atomic E-state index is 13.7. The third kappa shape index (κ3) is 4.27. The van der Waals surface area contributed by atoms with Crippen molar-refractivity contribution < 1.29 is 18.4 Å². The van der Waals surface area contributed by atoms with Crippen molar-refractivity contribution >= 4 is 46.4 Å². The zero-order valence-corrected chi connectivity index (χ0v) is 14.8. The average molecular weight is 387 g/mol. The number of halogens is 4. The molecule has 0 fully saturated rings. The van der Waals surface area contributed by atoms with E-state index >= 15 is 0 Å². The van der Waals surface area contributed by atoms with Crippen molar-refractivity contribution in [3.05, 3.63) is 58.1 Å². The molecule has 0 saturated carbocycles. The summed E-state index contributed by atoms with van der Waals surface area (Å²) in [5.41, 5.74) is -1.55. The van der Waals surface area contributed by atoms with Crippen LogP contribution in [0.25, 0.3) is 0 Å². The van der Waals surface area contributed by atoms with Gasteiger partial charge in [-0.15, -0.1) is 0 Å². The molecule has 0 spiro atoms. The van der Waals surface area contributed by atoms with Gasteiger partial charge in [0.1, 0.15) is 17.0 Å². The smallest absolute Gasteiger partial charge is 0.239 e. The molecule has 0 aromatic heterocycles. The summed E-state index contributed by atoms with van der Waals surface area (Å²) in [4.78, 5) is 24.8. The molecule has 0 bridgehead atoms.